The van der Waals surface area contributed by atoms with Crippen LogP contribution in [0.2, 0.25) is 0 Å². The monoisotopic (exact) mass is 525 g/mol. The third-order valence-electron chi connectivity index (χ3n) is 6.25. The van der Waals surface area contributed by atoms with E-state index in [4.69, 9.17) is 4.18 Å². The molecule has 0 spiro atoms. The maximum absolute atomic E-state index is 13.9. The van der Waals surface area contributed by atoms with Crippen molar-refractivity contribution in [3.63, 3.8) is 0 Å². The highest BCUT2D eigenvalue weighted by atomic mass is 32.2. The SMILES string of the molecule is CCCn1nc(C)c(C(=O)c2ccc([N+](=O)[O-])c(C(C)=C(C)C)c2C)c1OS(=O)(=O)c1ccc(C)cc1. The Hall–Kier alpha value is -3.79. The summed E-state index contributed by atoms with van der Waals surface area (Å²) in [4.78, 5) is 25.1. The Balaban J connectivity index is 2.22. The van der Waals surface area contributed by atoms with Crippen molar-refractivity contribution in [1.82, 2.24) is 9.78 Å². The number of hydrogen-bond donors (Lipinski definition) is 0. The predicted molar refractivity (Wildman–Crippen MR) is 141 cm³/mol. The van der Waals surface area contributed by atoms with Gasteiger partial charge in [-0.1, -0.05) is 30.2 Å². The van der Waals surface area contributed by atoms with Crippen LogP contribution in [0.1, 0.15) is 72.4 Å². The van der Waals surface area contributed by atoms with E-state index >= 15 is 0 Å². The molecule has 0 N–H and O–H groups in total. The fourth-order valence-electron chi connectivity index (χ4n) is 4.08. The molecule has 196 valence electrons. The number of hydrogen-bond acceptors (Lipinski definition) is 7. The fraction of sp³-hybridized carbons (Fsp3) is 0.333. The number of aryl methyl sites for hydroxylation is 3. The Kier molecular flexibility index (Phi) is 8.02. The molecule has 0 aliphatic rings. The lowest BCUT2D eigenvalue weighted by Crippen LogP contribution is -2.16. The van der Waals surface area contributed by atoms with Crippen molar-refractivity contribution < 1.29 is 22.3 Å². The van der Waals surface area contributed by atoms with Gasteiger partial charge in [0.05, 0.1) is 16.2 Å². The normalized spacial score (nSPS) is 11.3. The third-order valence-corrected chi connectivity index (χ3v) is 7.48. The van der Waals surface area contributed by atoms with Crippen molar-refractivity contribution in [3.05, 3.63) is 85.6 Å². The van der Waals surface area contributed by atoms with Crippen LogP contribution in [0.25, 0.3) is 5.57 Å². The minimum atomic E-state index is -4.27. The summed E-state index contributed by atoms with van der Waals surface area (Å²) in [6.07, 6.45) is 0.621. The van der Waals surface area contributed by atoms with Crippen LogP contribution in [0.4, 0.5) is 5.69 Å². The van der Waals surface area contributed by atoms with E-state index in [1.807, 2.05) is 27.7 Å². The molecule has 10 heteroatoms. The Morgan fingerprint density at radius 2 is 1.65 bits per heavy atom. The van der Waals surface area contributed by atoms with E-state index in [1.54, 1.807) is 32.9 Å². The van der Waals surface area contributed by atoms with Gasteiger partial charge in [-0.2, -0.15) is 13.5 Å². The summed E-state index contributed by atoms with van der Waals surface area (Å²) in [6, 6.07) is 8.89. The number of allylic oxidation sites excluding steroid dienone is 2. The van der Waals surface area contributed by atoms with E-state index in [0.29, 0.717) is 35.4 Å². The molecule has 0 aliphatic heterocycles. The zero-order chi connectivity index (χ0) is 27.7. The summed E-state index contributed by atoms with van der Waals surface area (Å²) in [5.74, 6) is -0.702. The maximum Gasteiger partial charge on any atom is 0.340 e. The Labute approximate surface area is 217 Å². The Morgan fingerprint density at radius 3 is 2.19 bits per heavy atom. The quantitative estimate of drug-likeness (QED) is 0.147. The van der Waals surface area contributed by atoms with Gasteiger partial charge in [0.2, 0.25) is 11.7 Å². The van der Waals surface area contributed by atoms with Crippen molar-refractivity contribution in [2.24, 2.45) is 0 Å². The lowest BCUT2D eigenvalue weighted by atomic mass is 9.90. The molecule has 0 bridgehead atoms. The van der Waals surface area contributed by atoms with Crippen LogP contribution in [-0.2, 0) is 16.7 Å². The van der Waals surface area contributed by atoms with Gasteiger partial charge in [-0.15, -0.1) is 0 Å². The number of carbonyl (C=O) groups excluding carboxylic acids is 1. The molecule has 0 saturated carbocycles. The highest BCUT2D eigenvalue weighted by Gasteiger charge is 2.31. The van der Waals surface area contributed by atoms with Crippen LogP contribution in [0.5, 0.6) is 5.88 Å². The lowest BCUT2D eigenvalue weighted by molar-refractivity contribution is -0.385. The molecule has 0 unspecified atom stereocenters. The zero-order valence-corrected chi connectivity index (χ0v) is 22.9. The number of ketones is 1. The summed E-state index contributed by atoms with van der Waals surface area (Å²) < 4.78 is 33.2. The van der Waals surface area contributed by atoms with E-state index in [0.717, 1.165) is 11.1 Å². The highest BCUT2D eigenvalue weighted by Crippen LogP contribution is 2.36. The lowest BCUT2D eigenvalue weighted by Gasteiger charge is -2.14. The van der Waals surface area contributed by atoms with Crippen LogP contribution in [0, 0.1) is 30.9 Å². The van der Waals surface area contributed by atoms with E-state index in [1.165, 1.54) is 28.9 Å². The van der Waals surface area contributed by atoms with Gasteiger partial charge in [0.1, 0.15) is 10.5 Å². The molecule has 2 aromatic carbocycles. The van der Waals surface area contributed by atoms with Gasteiger partial charge in [0, 0.05) is 18.2 Å². The summed E-state index contributed by atoms with van der Waals surface area (Å²) in [5.41, 5.74) is 3.64. The molecule has 3 aromatic rings. The number of carbonyl (C=O) groups is 1. The summed E-state index contributed by atoms with van der Waals surface area (Å²) in [6.45, 7) is 12.8. The number of nitro benzene ring substituents is 1. The second kappa shape index (κ2) is 10.7. The van der Waals surface area contributed by atoms with Crippen molar-refractivity contribution in [1.29, 1.82) is 0 Å². The number of rotatable bonds is 9. The number of benzene rings is 2. The van der Waals surface area contributed by atoms with Crippen LogP contribution in [-0.4, -0.2) is 28.9 Å². The van der Waals surface area contributed by atoms with Crippen molar-refractivity contribution in [2.75, 3.05) is 0 Å². The van der Waals surface area contributed by atoms with Crippen LogP contribution >= 0.6 is 0 Å². The van der Waals surface area contributed by atoms with Gasteiger partial charge in [-0.3, -0.25) is 14.9 Å². The molecule has 9 nitrogen and oxygen atoms in total. The van der Waals surface area contributed by atoms with Gasteiger partial charge in [-0.25, -0.2) is 4.68 Å². The summed E-state index contributed by atoms with van der Waals surface area (Å²) >= 11 is 0. The highest BCUT2D eigenvalue weighted by molar-refractivity contribution is 7.87. The first-order valence-electron chi connectivity index (χ1n) is 11.9. The predicted octanol–water partition coefficient (Wildman–Crippen LogP) is 5.94. The second-order valence-electron chi connectivity index (χ2n) is 9.18. The summed E-state index contributed by atoms with van der Waals surface area (Å²) in [7, 11) is -4.27. The largest absolute Gasteiger partial charge is 0.358 e. The first-order chi connectivity index (χ1) is 17.3. The van der Waals surface area contributed by atoms with Crippen LogP contribution < -0.4 is 4.18 Å². The topological polar surface area (TPSA) is 121 Å². The van der Waals surface area contributed by atoms with E-state index in [2.05, 4.69) is 5.10 Å². The number of aromatic nitrogens is 2. The van der Waals surface area contributed by atoms with Crippen molar-refractivity contribution in [3.8, 4) is 5.88 Å². The fourth-order valence-corrected chi connectivity index (χ4v) is 5.02. The van der Waals surface area contributed by atoms with Crippen LogP contribution in [0.15, 0.2) is 46.9 Å². The molecule has 37 heavy (non-hydrogen) atoms. The minimum absolute atomic E-state index is 0.00175. The van der Waals surface area contributed by atoms with E-state index in [9.17, 15) is 23.3 Å². The summed E-state index contributed by atoms with van der Waals surface area (Å²) in [5, 5.41) is 16.1. The minimum Gasteiger partial charge on any atom is -0.358 e. The molecule has 1 heterocycles. The molecule has 0 radical (unpaired) electrons. The smallest absolute Gasteiger partial charge is 0.340 e. The average Bonchev–Trinajstić information content (AvgIpc) is 3.12. The van der Waals surface area contributed by atoms with E-state index < -0.39 is 20.8 Å². The standard InChI is InChI=1S/C27H31N3O6S/c1-8-15-29-27(36-37(34,35)21-11-9-17(4)10-12-21)25(20(7)28-29)26(31)22-13-14-23(30(32)33)24(19(22)6)18(5)16(2)3/h9-14H,8,15H2,1-7H3. The molecular weight excluding hydrogens is 494 g/mol. The van der Waals surface area contributed by atoms with Crippen molar-refractivity contribution >= 4 is 27.2 Å². The van der Waals surface area contributed by atoms with Gasteiger partial charge in [0.25, 0.3) is 5.69 Å². The Morgan fingerprint density at radius 1 is 1.03 bits per heavy atom. The molecule has 0 saturated heterocycles. The van der Waals surface area contributed by atoms with Gasteiger partial charge in [-0.05, 0) is 77.3 Å². The third kappa shape index (κ3) is 5.48. The molecule has 0 aliphatic carbocycles. The molecular formula is C27H31N3O6S. The first-order valence-corrected chi connectivity index (χ1v) is 13.3. The first kappa shape index (κ1) is 27.8. The molecule has 0 atom stereocenters. The second-order valence-corrected chi connectivity index (χ2v) is 10.7. The molecule has 1 aromatic heterocycles. The molecule has 0 fully saturated rings. The van der Waals surface area contributed by atoms with Gasteiger partial charge < -0.3 is 4.18 Å². The molecule has 3 rings (SSSR count). The average molecular weight is 526 g/mol. The van der Waals surface area contributed by atoms with Crippen LogP contribution in [0.3, 0.4) is 0 Å². The van der Waals surface area contributed by atoms with E-state index in [-0.39, 0.29) is 27.6 Å². The Bertz CT molecular complexity index is 1510. The molecule has 0 amide bonds. The number of nitrogens with zero attached hydrogens (tertiary/aromatic N) is 3. The number of nitro groups is 1. The zero-order valence-electron chi connectivity index (χ0n) is 22.1. The van der Waals surface area contributed by atoms with Gasteiger partial charge in [0.15, 0.2) is 0 Å². The van der Waals surface area contributed by atoms with Gasteiger partial charge >= 0.3 is 10.1 Å². The van der Waals surface area contributed by atoms with Crippen molar-refractivity contribution in [2.45, 2.75) is 66.3 Å². The maximum atomic E-state index is 13.9.